The number of amides is 1. The molecule has 9 heteroatoms. The van der Waals surface area contributed by atoms with E-state index in [2.05, 4.69) is 0 Å². The molecule has 2 aliphatic rings. The number of halogens is 2. The number of carboxylic acids is 1. The topological polar surface area (TPSA) is 57.6 Å². The second kappa shape index (κ2) is 8.56. The summed E-state index contributed by atoms with van der Waals surface area (Å²) in [6.07, 6.45) is 4.08. The third kappa shape index (κ3) is 4.19. The molecule has 0 spiro atoms. The van der Waals surface area contributed by atoms with Crippen molar-refractivity contribution in [2.45, 2.75) is 31.7 Å². The molecule has 0 bridgehead atoms. The van der Waals surface area contributed by atoms with E-state index in [4.69, 9.17) is 17.3 Å². The van der Waals surface area contributed by atoms with Gasteiger partial charge < -0.3 is 5.11 Å². The van der Waals surface area contributed by atoms with Crippen LogP contribution in [-0.4, -0.2) is 32.2 Å². The summed E-state index contributed by atoms with van der Waals surface area (Å²) in [5.41, 5.74) is 1.31. The van der Waals surface area contributed by atoms with Crippen molar-refractivity contribution in [1.82, 2.24) is 4.90 Å². The number of carboxylic acid groups (broad SMARTS) is 1. The fourth-order valence-corrected chi connectivity index (χ4v) is 6.07. The number of thiocarbonyl (C=S) groups is 1. The summed E-state index contributed by atoms with van der Waals surface area (Å²) in [6, 6.07) is 5.50. The van der Waals surface area contributed by atoms with Crippen molar-refractivity contribution in [1.29, 1.82) is 0 Å². The highest BCUT2D eigenvalue weighted by Crippen LogP contribution is 2.39. The summed E-state index contributed by atoms with van der Waals surface area (Å²) in [6.45, 7) is 0. The maximum Gasteiger partial charge on any atom is 0.306 e. The van der Waals surface area contributed by atoms with Gasteiger partial charge in [-0.2, -0.15) is 0 Å². The Bertz CT molecular complexity index is 1060. The first kappa shape index (κ1) is 21.1. The van der Waals surface area contributed by atoms with Crippen LogP contribution in [-0.2, 0) is 9.59 Å². The Kier molecular flexibility index (Phi) is 6.04. The molecule has 30 heavy (non-hydrogen) atoms. The molecule has 1 amide bonds. The van der Waals surface area contributed by atoms with E-state index in [9.17, 15) is 18.4 Å². The Hall–Kier alpha value is -2.10. The molecule has 1 saturated carbocycles. The summed E-state index contributed by atoms with van der Waals surface area (Å²) in [7, 11) is 0. The molecule has 1 aliphatic heterocycles. The molecular weight excluding hydrogens is 448 g/mol. The maximum atomic E-state index is 13.5. The lowest BCUT2D eigenvalue weighted by Crippen LogP contribution is -2.41. The van der Waals surface area contributed by atoms with E-state index in [0.717, 1.165) is 22.6 Å². The van der Waals surface area contributed by atoms with Gasteiger partial charge in [0.1, 0.15) is 4.32 Å². The van der Waals surface area contributed by atoms with Crippen LogP contribution < -0.4 is 0 Å². The molecule has 1 aromatic carbocycles. The zero-order valence-electron chi connectivity index (χ0n) is 15.6. The van der Waals surface area contributed by atoms with Crippen LogP contribution in [0.3, 0.4) is 0 Å². The van der Waals surface area contributed by atoms with Crippen molar-refractivity contribution in [3.8, 4) is 11.1 Å². The number of carbonyl (C=O) groups excluding carboxylic acids is 1. The molecule has 0 atom stereocenters. The maximum absolute atomic E-state index is 13.5. The minimum Gasteiger partial charge on any atom is -0.481 e. The molecule has 1 saturated heterocycles. The summed E-state index contributed by atoms with van der Waals surface area (Å²) in [4.78, 5) is 27.0. The molecule has 2 heterocycles. The number of aliphatic carboxylic acids is 1. The Labute approximate surface area is 185 Å². The van der Waals surface area contributed by atoms with Crippen LogP contribution in [0.4, 0.5) is 8.78 Å². The van der Waals surface area contributed by atoms with Gasteiger partial charge in [-0.3, -0.25) is 14.5 Å². The number of hydrogen-bond donors (Lipinski definition) is 1. The van der Waals surface area contributed by atoms with Crippen LogP contribution in [0.5, 0.6) is 0 Å². The van der Waals surface area contributed by atoms with E-state index in [1.54, 1.807) is 11.0 Å². The van der Waals surface area contributed by atoms with Crippen LogP contribution in [0.2, 0.25) is 0 Å². The third-order valence-electron chi connectivity index (χ3n) is 5.38. The van der Waals surface area contributed by atoms with E-state index in [-0.39, 0.29) is 17.9 Å². The predicted octanol–water partition coefficient (Wildman–Crippen LogP) is 5.54. The highest BCUT2D eigenvalue weighted by atomic mass is 32.2. The highest BCUT2D eigenvalue weighted by molar-refractivity contribution is 8.26. The first-order chi connectivity index (χ1) is 14.3. The number of rotatable bonds is 4. The molecular formula is C21H17F2NO3S3. The van der Waals surface area contributed by atoms with Gasteiger partial charge in [-0.25, -0.2) is 8.78 Å². The van der Waals surface area contributed by atoms with Gasteiger partial charge in [-0.15, -0.1) is 11.3 Å². The van der Waals surface area contributed by atoms with Gasteiger partial charge in [-0.1, -0.05) is 30.0 Å². The van der Waals surface area contributed by atoms with Crippen molar-refractivity contribution < 1.29 is 23.5 Å². The molecule has 2 aromatic rings. The number of benzene rings is 1. The quantitative estimate of drug-likeness (QED) is 0.475. The second-order valence-corrected chi connectivity index (χ2v) is 9.88. The van der Waals surface area contributed by atoms with Crippen LogP contribution >= 0.6 is 35.3 Å². The Morgan fingerprint density at radius 2 is 1.87 bits per heavy atom. The Morgan fingerprint density at radius 1 is 1.13 bits per heavy atom. The number of nitrogens with zero attached hydrogens (tertiary/aromatic N) is 1. The standard InChI is InChI=1S/C21H17F2NO3S3/c22-16-6-3-12(8-17(16)23)13-7-15(29-10-13)9-18-19(25)24(21(28)30-18)14-4-1-11(2-5-14)20(26)27/h3,6-11,14H,1-2,4-5H2,(H,26,27)/b18-9-. The van der Waals surface area contributed by atoms with Gasteiger partial charge >= 0.3 is 5.97 Å². The summed E-state index contributed by atoms with van der Waals surface area (Å²) < 4.78 is 27.1. The first-order valence-electron chi connectivity index (χ1n) is 9.37. The van der Waals surface area contributed by atoms with Crippen LogP contribution in [0.1, 0.15) is 30.6 Å². The molecule has 1 aromatic heterocycles. The second-order valence-electron chi connectivity index (χ2n) is 7.26. The lowest BCUT2D eigenvalue weighted by molar-refractivity contribution is -0.143. The zero-order valence-corrected chi connectivity index (χ0v) is 18.1. The van der Waals surface area contributed by atoms with Crippen molar-refractivity contribution in [3.63, 3.8) is 0 Å². The lowest BCUT2D eigenvalue weighted by atomic mass is 9.85. The molecule has 4 nitrogen and oxygen atoms in total. The largest absolute Gasteiger partial charge is 0.481 e. The van der Waals surface area contributed by atoms with Crippen LogP contribution in [0, 0.1) is 17.6 Å². The third-order valence-corrected chi connectivity index (χ3v) is 7.59. The summed E-state index contributed by atoms with van der Waals surface area (Å²) in [5, 5.41) is 11.0. The van der Waals surface area contributed by atoms with Crippen LogP contribution in [0.15, 0.2) is 34.6 Å². The van der Waals surface area contributed by atoms with Gasteiger partial charge in [0.25, 0.3) is 5.91 Å². The zero-order chi connectivity index (χ0) is 21.4. The Balaban J connectivity index is 1.49. The molecule has 1 N–H and O–H groups in total. The van der Waals surface area contributed by atoms with Gasteiger partial charge in [-0.05, 0) is 66.5 Å². The van der Waals surface area contributed by atoms with Crippen molar-refractivity contribution in [3.05, 3.63) is 51.1 Å². The SMILES string of the molecule is O=C(O)C1CCC(N2C(=O)/C(=C/c3cc(-c4ccc(F)c(F)c4)cs3)SC2=S)CC1. The molecule has 4 rings (SSSR count). The molecule has 0 radical (unpaired) electrons. The van der Waals surface area contributed by atoms with E-state index in [0.29, 0.717) is 40.5 Å². The Morgan fingerprint density at radius 3 is 2.53 bits per heavy atom. The van der Waals surface area contributed by atoms with Gasteiger partial charge in [0.2, 0.25) is 0 Å². The summed E-state index contributed by atoms with van der Waals surface area (Å²) >= 11 is 8.05. The number of thiophene rings is 1. The number of thioether (sulfide) groups is 1. The van der Waals surface area contributed by atoms with Crippen molar-refractivity contribution >= 4 is 57.6 Å². The average Bonchev–Trinajstić information content (AvgIpc) is 3.29. The summed E-state index contributed by atoms with van der Waals surface area (Å²) in [5.74, 6) is -3.09. The fourth-order valence-electron chi connectivity index (χ4n) is 3.76. The predicted molar refractivity (Wildman–Crippen MR) is 118 cm³/mol. The van der Waals surface area contributed by atoms with E-state index >= 15 is 0 Å². The fraction of sp³-hybridized carbons (Fsp3) is 0.286. The number of carbonyl (C=O) groups is 2. The van der Waals surface area contributed by atoms with Crippen molar-refractivity contribution in [2.24, 2.45) is 5.92 Å². The molecule has 0 unspecified atom stereocenters. The lowest BCUT2D eigenvalue weighted by Gasteiger charge is -2.32. The minimum absolute atomic E-state index is 0.0694. The number of hydrogen-bond acceptors (Lipinski definition) is 5. The smallest absolute Gasteiger partial charge is 0.306 e. The first-order valence-corrected chi connectivity index (χ1v) is 11.5. The van der Waals surface area contributed by atoms with E-state index < -0.39 is 17.6 Å². The van der Waals surface area contributed by atoms with E-state index in [1.807, 2.05) is 11.4 Å². The van der Waals surface area contributed by atoms with Crippen molar-refractivity contribution in [2.75, 3.05) is 0 Å². The molecule has 1 aliphatic carbocycles. The van der Waals surface area contributed by atoms with Gasteiger partial charge in [0, 0.05) is 10.9 Å². The monoisotopic (exact) mass is 465 g/mol. The van der Waals surface area contributed by atoms with E-state index in [1.165, 1.54) is 29.2 Å². The normalized spacial score (nSPS) is 23.4. The molecule has 2 fully saturated rings. The highest BCUT2D eigenvalue weighted by Gasteiger charge is 2.39. The molecule has 156 valence electrons. The average molecular weight is 466 g/mol. The minimum atomic E-state index is -0.904. The van der Waals surface area contributed by atoms with Gasteiger partial charge in [0.05, 0.1) is 10.8 Å². The van der Waals surface area contributed by atoms with Crippen LogP contribution in [0.25, 0.3) is 17.2 Å². The van der Waals surface area contributed by atoms with Gasteiger partial charge in [0.15, 0.2) is 11.6 Å².